The van der Waals surface area contributed by atoms with Crippen LogP contribution in [-0.2, 0) is 6.54 Å². The van der Waals surface area contributed by atoms with Gasteiger partial charge in [-0.25, -0.2) is 19.9 Å². The molecule has 6 aromatic rings. The number of ether oxygens (including phenoxy) is 1. The van der Waals surface area contributed by atoms with E-state index < -0.39 is 0 Å². The van der Waals surface area contributed by atoms with E-state index in [4.69, 9.17) is 9.72 Å². The summed E-state index contributed by atoms with van der Waals surface area (Å²) in [7, 11) is 1.67. The summed E-state index contributed by atoms with van der Waals surface area (Å²) in [5.41, 5.74) is 5.05. The van der Waals surface area contributed by atoms with Crippen LogP contribution in [0.4, 0.5) is 11.8 Å². The summed E-state index contributed by atoms with van der Waals surface area (Å²) in [6.07, 6.45) is 11.7. The lowest BCUT2D eigenvalue weighted by atomic mass is 10.1. The van der Waals surface area contributed by atoms with Crippen LogP contribution in [-0.4, -0.2) is 53.2 Å². The molecule has 5 heterocycles. The monoisotopic (exact) mass is 677 g/mol. The minimum atomic E-state index is -0.135. The molecule has 0 aliphatic heterocycles. The van der Waals surface area contributed by atoms with Gasteiger partial charge in [0.25, 0.3) is 5.56 Å². The zero-order valence-corrected chi connectivity index (χ0v) is 27.0. The topological polar surface area (TPSA) is 125 Å². The Kier molecular flexibility index (Phi) is 8.18. The van der Waals surface area contributed by atoms with Crippen LogP contribution < -0.4 is 20.9 Å². The first kappa shape index (κ1) is 29.6. The molecule has 0 spiro atoms. The standard InChI is InChI=1S/C34H32BrN9O2/c1-21-36-15-24(16-37-21)23-5-12-32(45)43(20-23)28-8-11-31(38-18-28)40-26-6-7-27(14-26)41-34-42-33-30(13-25(35)17-39-33)44(34)19-22-3-9-29(46-2)10-4-22/h3-5,8-13,15-18,20,26-27H,6-7,14,19H2,1-2H3,(H,38,40)(H,39,41,42)/t26-,27-/m0/s1. The fourth-order valence-corrected chi connectivity index (χ4v) is 6.13. The van der Waals surface area contributed by atoms with E-state index in [2.05, 4.69) is 69.3 Å². The predicted octanol–water partition coefficient (Wildman–Crippen LogP) is 6.01. The fraction of sp³-hybridized carbons (Fsp3) is 0.235. The third-order valence-electron chi connectivity index (χ3n) is 8.24. The lowest BCUT2D eigenvalue weighted by molar-refractivity contribution is 0.414. The van der Waals surface area contributed by atoms with Crippen molar-refractivity contribution in [2.24, 2.45) is 0 Å². The van der Waals surface area contributed by atoms with Gasteiger partial charge < -0.3 is 19.9 Å². The SMILES string of the molecule is COc1ccc(Cn2c(N[C@H]3CC[C@H](Nc4ccc(-n5cc(-c6cnc(C)nc6)ccc5=O)cn4)C3)nc3ncc(Br)cc32)cc1. The van der Waals surface area contributed by atoms with Crippen LogP contribution in [0.1, 0.15) is 30.7 Å². The van der Waals surface area contributed by atoms with Crippen LogP contribution in [0.5, 0.6) is 5.75 Å². The van der Waals surface area contributed by atoms with Crippen molar-refractivity contribution >= 4 is 38.9 Å². The second-order valence-electron chi connectivity index (χ2n) is 11.4. The van der Waals surface area contributed by atoms with Gasteiger partial charge in [-0.2, -0.15) is 4.98 Å². The van der Waals surface area contributed by atoms with Gasteiger partial charge in [-0.3, -0.25) is 9.36 Å². The number of benzene rings is 1. The maximum atomic E-state index is 12.7. The smallest absolute Gasteiger partial charge is 0.255 e. The zero-order chi connectivity index (χ0) is 31.6. The number of pyridine rings is 3. The second-order valence-corrected chi connectivity index (χ2v) is 12.3. The van der Waals surface area contributed by atoms with Crippen molar-refractivity contribution in [3.63, 3.8) is 0 Å². The van der Waals surface area contributed by atoms with Crippen LogP contribution in [0.25, 0.3) is 28.0 Å². The van der Waals surface area contributed by atoms with Crippen molar-refractivity contribution in [3.8, 4) is 22.6 Å². The number of nitrogens with zero attached hydrogens (tertiary/aromatic N) is 7. The molecule has 2 atom stereocenters. The molecule has 232 valence electrons. The number of rotatable bonds is 9. The van der Waals surface area contributed by atoms with Crippen LogP contribution in [0.3, 0.4) is 0 Å². The molecule has 0 bridgehead atoms. The molecule has 0 radical (unpaired) electrons. The number of hydrogen-bond acceptors (Lipinski definition) is 9. The molecule has 7 rings (SSSR count). The Balaban J connectivity index is 1.03. The average Bonchev–Trinajstić information content (AvgIpc) is 3.65. The fourth-order valence-electron chi connectivity index (χ4n) is 5.82. The van der Waals surface area contributed by atoms with E-state index in [1.807, 2.05) is 31.2 Å². The molecule has 46 heavy (non-hydrogen) atoms. The second kappa shape index (κ2) is 12.7. The highest BCUT2D eigenvalue weighted by Crippen LogP contribution is 2.29. The molecule has 1 aliphatic rings. The van der Waals surface area contributed by atoms with Gasteiger partial charge in [0, 0.05) is 58.5 Å². The zero-order valence-electron chi connectivity index (χ0n) is 25.4. The van der Waals surface area contributed by atoms with Crippen molar-refractivity contribution in [3.05, 3.63) is 112 Å². The molecule has 5 aromatic heterocycles. The van der Waals surface area contributed by atoms with Crippen LogP contribution in [0.15, 0.2) is 94.8 Å². The highest BCUT2D eigenvalue weighted by atomic mass is 79.9. The predicted molar refractivity (Wildman–Crippen MR) is 182 cm³/mol. The summed E-state index contributed by atoms with van der Waals surface area (Å²) in [4.78, 5) is 35.3. The van der Waals surface area contributed by atoms with Gasteiger partial charge >= 0.3 is 0 Å². The van der Waals surface area contributed by atoms with E-state index in [9.17, 15) is 4.79 Å². The molecule has 2 N–H and O–H groups in total. The summed E-state index contributed by atoms with van der Waals surface area (Å²) in [5, 5.41) is 7.28. The van der Waals surface area contributed by atoms with Gasteiger partial charge in [0.15, 0.2) is 5.65 Å². The van der Waals surface area contributed by atoms with Crippen LogP contribution in [0.2, 0.25) is 0 Å². The summed E-state index contributed by atoms with van der Waals surface area (Å²) in [5.74, 6) is 3.09. The van der Waals surface area contributed by atoms with Gasteiger partial charge in [-0.05, 0) is 84.1 Å². The summed E-state index contributed by atoms with van der Waals surface area (Å²) in [6, 6.07) is 17.8. The Labute approximate surface area is 273 Å². The highest BCUT2D eigenvalue weighted by Gasteiger charge is 2.27. The van der Waals surface area contributed by atoms with Crippen molar-refractivity contribution in [1.82, 2.24) is 34.1 Å². The Bertz CT molecular complexity index is 2040. The van der Waals surface area contributed by atoms with Crippen molar-refractivity contribution < 1.29 is 4.74 Å². The minimum Gasteiger partial charge on any atom is -0.497 e. The Morgan fingerprint density at radius 2 is 1.67 bits per heavy atom. The largest absolute Gasteiger partial charge is 0.497 e. The molecule has 1 fully saturated rings. The van der Waals surface area contributed by atoms with Gasteiger partial charge in [0.1, 0.15) is 17.4 Å². The van der Waals surface area contributed by atoms with Gasteiger partial charge in [-0.1, -0.05) is 12.1 Å². The molecule has 12 heteroatoms. The molecule has 0 unspecified atom stereocenters. The van der Waals surface area contributed by atoms with Crippen molar-refractivity contribution in [2.75, 3.05) is 17.7 Å². The van der Waals surface area contributed by atoms with Gasteiger partial charge in [0.2, 0.25) is 5.95 Å². The molecule has 1 aliphatic carbocycles. The molecular weight excluding hydrogens is 646 g/mol. The minimum absolute atomic E-state index is 0.135. The molecule has 0 saturated heterocycles. The highest BCUT2D eigenvalue weighted by molar-refractivity contribution is 9.10. The van der Waals surface area contributed by atoms with E-state index in [1.165, 1.54) is 0 Å². The van der Waals surface area contributed by atoms with Gasteiger partial charge in [0.05, 0.1) is 31.1 Å². The van der Waals surface area contributed by atoms with Crippen LogP contribution in [0, 0.1) is 6.92 Å². The quantitative estimate of drug-likeness (QED) is 0.189. The molecule has 1 aromatic carbocycles. The first-order chi connectivity index (χ1) is 22.4. The lowest BCUT2D eigenvalue weighted by Gasteiger charge is -2.17. The van der Waals surface area contributed by atoms with E-state index >= 15 is 0 Å². The average molecular weight is 679 g/mol. The Hall–Kier alpha value is -5.10. The van der Waals surface area contributed by atoms with Crippen molar-refractivity contribution in [1.29, 1.82) is 0 Å². The number of fused-ring (bicyclic) bond motifs is 1. The number of aryl methyl sites for hydroxylation is 1. The number of hydrogen-bond donors (Lipinski definition) is 2. The van der Waals surface area contributed by atoms with Gasteiger partial charge in [-0.15, -0.1) is 0 Å². The Morgan fingerprint density at radius 1 is 0.891 bits per heavy atom. The lowest BCUT2D eigenvalue weighted by Crippen LogP contribution is -2.23. The molecule has 11 nitrogen and oxygen atoms in total. The van der Waals surface area contributed by atoms with E-state index in [0.29, 0.717) is 23.7 Å². The van der Waals surface area contributed by atoms with Crippen molar-refractivity contribution in [2.45, 2.75) is 44.8 Å². The van der Waals surface area contributed by atoms with E-state index in [0.717, 1.165) is 63.5 Å². The normalized spacial score (nSPS) is 16.1. The first-order valence-electron chi connectivity index (χ1n) is 15.1. The molecule has 1 saturated carbocycles. The Morgan fingerprint density at radius 3 is 2.41 bits per heavy atom. The maximum absolute atomic E-state index is 12.7. The van der Waals surface area contributed by atoms with E-state index in [-0.39, 0.29) is 17.6 Å². The number of methoxy groups -OCH3 is 1. The maximum Gasteiger partial charge on any atom is 0.255 e. The third kappa shape index (κ3) is 6.34. The number of nitrogens with one attached hydrogen (secondary N) is 2. The number of anilines is 2. The van der Waals surface area contributed by atoms with Crippen LogP contribution >= 0.6 is 15.9 Å². The summed E-state index contributed by atoms with van der Waals surface area (Å²) >= 11 is 3.57. The number of imidazole rings is 1. The van der Waals surface area contributed by atoms with E-state index in [1.54, 1.807) is 54.8 Å². The number of halogens is 1. The summed E-state index contributed by atoms with van der Waals surface area (Å²) in [6.45, 7) is 2.49. The first-order valence-corrected chi connectivity index (χ1v) is 15.9. The molecular formula is C34H32BrN9O2. The number of aromatic nitrogens is 7. The summed E-state index contributed by atoms with van der Waals surface area (Å²) < 4.78 is 10.0. The third-order valence-corrected chi connectivity index (χ3v) is 8.67. The molecule has 0 amide bonds.